The van der Waals surface area contributed by atoms with E-state index in [9.17, 15) is 9.90 Å². The number of ether oxygens (including phenoxy) is 1. The Kier molecular flexibility index (Phi) is 3.23. The van der Waals surface area contributed by atoms with Gasteiger partial charge in [-0.3, -0.25) is 4.79 Å². The maximum Gasteiger partial charge on any atom is 0.313 e. The van der Waals surface area contributed by atoms with E-state index in [1.807, 2.05) is 30.0 Å². The van der Waals surface area contributed by atoms with Gasteiger partial charge in [-0.2, -0.15) is 0 Å². The molecule has 1 saturated heterocycles. The number of hydrogen-bond donors (Lipinski definition) is 1. The van der Waals surface area contributed by atoms with Crippen molar-refractivity contribution in [1.82, 2.24) is 9.97 Å². The van der Waals surface area contributed by atoms with Crippen molar-refractivity contribution in [3.8, 4) is 17.0 Å². The third kappa shape index (κ3) is 2.13. The number of phenolic OH excluding ortho intramolecular Hbond substituents is 1. The molecule has 1 aromatic carbocycles. The number of phenols is 1. The number of nitrogens with zero attached hydrogens (tertiary/aromatic N) is 3. The van der Waals surface area contributed by atoms with E-state index in [2.05, 4.69) is 9.97 Å². The molecule has 1 aliphatic carbocycles. The molecular weight excluding hydrogens is 306 g/mol. The summed E-state index contributed by atoms with van der Waals surface area (Å²) in [6.45, 7) is 3.21. The molecule has 2 aromatic rings. The molecule has 1 unspecified atom stereocenters. The van der Waals surface area contributed by atoms with Gasteiger partial charge in [0.25, 0.3) is 0 Å². The molecule has 2 atom stereocenters. The van der Waals surface area contributed by atoms with Gasteiger partial charge in [0.05, 0.1) is 18.2 Å². The first kappa shape index (κ1) is 14.9. The molecular formula is C18H19N3O3. The van der Waals surface area contributed by atoms with E-state index in [1.165, 1.54) is 7.11 Å². The van der Waals surface area contributed by atoms with Crippen LogP contribution in [0, 0.1) is 18.3 Å². The topological polar surface area (TPSA) is 75.5 Å². The summed E-state index contributed by atoms with van der Waals surface area (Å²) in [5.74, 6) is 1.01. The van der Waals surface area contributed by atoms with E-state index < -0.39 is 0 Å². The zero-order valence-corrected chi connectivity index (χ0v) is 13.7. The molecule has 6 heteroatoms. The minimum absolute atomic E-state index is 0.137. The fraction of sp³-hybridized carbons (Fsp3) is 0.389. The lowest BCUT2D eigenvalue weighted by Crippen LogP contribution is -2.30. The van der Waals surface area contributed by atoms with Crippen molar-refractivity contribution in [3.63, 3.8) is 0 Å². The number of aryl methyl sites for hydroxylation is 1. The number of methoxy groups -OCH3 is 1. The summed E-state index contributed by atoms with van der Waals surface area (Å²) in [5, 5.41) is 10.3. The first-order valence-electron chi connectivity index (χ1n) is 8.00. The van der Waals surface area contributed by atoms with Crippen molar-refractivity contribution in [1.29, 1.82) is 0 Å². The first-order valence-corrected chi connectivity index (χ1v) is 8.00. The van der Waals surface area contributed by atoms with Crippen LogP contribution in [-0.4, -0.2) is 41.2 Å². The zero-order chi connectivity index (χ0) is 16.9. The van der Waals surface area contributed by atoms with Crippen LogP contribution in [0.25, 0.3) is 11.3 Å². The highest BCUT2D eigenvalue weighted by Gasteiger charge is 2.66. The average molecular weight is 325 g/mol. The minimum Gasteiger partial charge on any atom is -0.507 e. The quantitative estimate of drug-likeness (QED) is 0.872. The third-order valence-electron chi connectivity index (χ3n) is 5.18. The summed E-state index contributed by atoms with van der Waals surface area (Å²) in [7, 11) is 1.44. The summed E-state index contributed by atoms with van der Waals surface area (Å²) in [4.78, 5) is 23.0. The highest BCUT2D eigenvalue weighted by Crippen LogP contribution is 2.58. The molecule has 1 N–H and O–H groups in total. The molecule has 24 heavy (non-hydrogen) atoms. The smallest absolute Gasteiger partial charge is 0.313 e. The summed E-state index contributed by atoms with van der Waals surface area (Å²) >= 11 is 0. The van der Waals surface area contributed by atoms with Crippen LogP contribution in [0.2, 0.25) is 0 Å². The number of aromatic nitrogens is 2. The first-order chi connectivity index (χ1) is 11.5. The second kappa shape index (κ2) is 5.19. The number of hydrogen-bond acceptors (Lipinski definition) is 6. The van der Waals surface area contributed by atoms with Crippen molar-refractivity contribution in [2.75, 3.05) is 25.1 Å². The van der Waals surface area contributed by atoms with Gasteiger partial charge in [-0.05, 0) is 37.0 Å². The Morgan fingerprint density at radius 1 is 1.42 bits per heavy atom. The van der Waals surface area contributed by atoms with Crippen LogP contribution in [0.15, 0.2) is 30.5 Å². The molecule has 6 nitrogen and oxygen atoms in total. The van der Waals surface area contributed by atoms with Crippen molar-refractivity contribution >= 4 is 11.9 Å². The van der Waals surface area contributed by atoms with Crippen molar-refractivity contribution in [2.24, 2.45) is 11.3 Å². The van der Waals surface area contributed by atoms with E-state index >= 15 is 0 Å². The van der Waals surface area contributed by atoms with E-state index in [0.717, 1.165) is 18.5 Å². The molecule has 0 amide bonds. The van der Waals surface area contributed by atoms with Gasteiger partial charge >= 0.3 is 5.97 Å². The van der Waals surface area contributed by atoms with E-state index in [1.54, 1.807) is 12.3 Å². The lowest BCUT2D eigenvalue weighted by molar-refractivity contribution is -0.146. The Morgan fingerprint density at radius 3 is 3.04 bits per heavy atom. The van der Waals surface area contributed by atoms with E-state index in [0.29, 0.717) is 29.7 Å². The van der Waals surface area contributed by atoms with Gasteiger partial charge in [0, 0.05) is 24.8 Å². The highest BCUT2D eigenvalue weighted by molar-refractivity contribution is 5.83. The molecule has 2 heterocycles. The summed E-state index contributed by atoms with van der Waals surface area (Å²) < 4.78 is 4.95. The number of rotatable bonds is 3. The Morgan fingerprint density at radius 2 is 2.25 bits per heavy atom. The van der Waals surface area contributed by atoms with Gasteiger partial charge in [0.2, 0.25) is 5.95 Å². The van der Waals surface area contributed by atoms with Crippen LogP contribution < -0.4 is 4.90 Å². The molecule has 124 valence electrons. The molecule has 0 bridgehead atoms. The van der Waals surface area contributed by atoms with Gasteiger partial charge in [-0.1, -0.05) is 12.1 Å². The molecule has 1 saturated carbocycles. The number of piperidine rings is 1. The van der Waals surface area contributed by atoms with Crippen molar-refractivity contribution < 1.29 is 14.6 Å². The van der Waals surface area contributed by atoms with Crippen molar-refractivity contribution in [3.05, 3.63) is 36.0 Å². The lowest BCUT2D eigenvalue weighted by atomic mass is 10.1. The van der Waals surface area contributed by atoms with Crippen LogP contribution in [0.5, 0.6) is 5.75 Å². The van der Waals surface area contributed by atoms with E-state index in [4.69, 9.17) is 4.74 Å². The number of carbonyl (C=O) groups excluding carboxylic acids is 1. The number of benzene rings is 1. The van der Waals surface area contributed by atoms with Crippen LogP contribution in [0.3, 0.4) is 0 Å². The number of aromatic hydroxyl groups is 1. The lowest BCUT2D eigenvalue weighted by Gasteiger charge is -2.20. The number of para-hydroxylation sites is 1. The molecule has 1 aliphatic heterocycles. The second-order valence-electron chi connectivity index (χ2n) is 6.64. The predicted octanol–water partition coefficient (Wildman–Crippen LogP) is 2.16. The standard InChI is InChI=1S/C18H19N3O3/c1-11-4-3-5-13(15(11)22)14-6-7-19-17(20-14)21-9-12-8-18(12,10-21)16(23)24-2/h3-7,12,22H,8-10H2,1-2H3/t12?,18-/m0/s1. The molecule has 2 aliphatic rings. The minimum atomic E-state index is -0.375. The predicted molar refractivity (Wildman–Crippen MR) is 88.6 cm³/mol. The molecule has 1 aromatic heterocycles. The monoisotopic (exact) mass is 325 g/mol. The Labute approximate surface area is 140 Å². The molecule has 4 rings (SSSR count). The van der Waals surface area contributed by atoms with E-state index in [-0.39, 0.29) is 17.1 Å². The third-order valence-corrected chi connectivity index (χ3v) is 5.18. The normalized spacial score (nSPS) is 24.6. The summed E-state index contributed by atoms with van der Waals surface area (Å²) in [5.41, 5.74) is 1.79. The Bertz CT molecular complexity index is 823. The number of anilines is 1. The second-order valence-corrected chi connectivity index (χ2v) is 6.64. The van der Waals surface area contributed by atoms with Crippen LogP contribution in [0.1, 0.15) is 12.0 Å². The maximum atomic E-state index is 12.0. The maximum absolute atomic E-state index is 12.0. The SMILES string of the molecule is COC(=O)[C@]12CC1CN(c1nccc(-c3cccc(C)c3O)n1)C2. The van der Waals surface area contributed by atoms with Gasteiger partial charge in [-0.25, -0.2) is 9.97 Å². The molecule has 0 spiro atoms. The Hall–Kier alpha value is -2.63. The molecule has 2 fully saturated rings. The van der Waals surface area contributed by atoms with Crippen LogP contribution in [0.4, 0.5) is 5.95 Å². The highest BCUT2D eigenvalue weighted by atomic mass is 16.5. The fourth-order valence-electron chi connectivity index (χ4n) is 3.67. The zero-order valence-electron chi connectivity index (χ0n) is 13.7. The average Bonchev–Trinajstić information content (AvgIpc) is 3.18. The summed E-state index contributed by atoms with van der Waals surface area (Å²) in [6, 6.07) is 7.37. The van der Waals surface area contributed by atoms with Crippen LogP contribution >= 0.6 is 0 Å². The Balaban J connectivity index is 1.63. The van der Waals surface area contributed by atoms with Gasteiger partial charge in [0.15, 0.2) is 0 Å². The fourth-order valence-corrected chi connectivity index (χ4v) is 3.67. The van der Waals surface area contributed by atoms with Gasteiger partial charge in [-0.15, -0.1) is 0 Å². The number of esters is 1. The van der Waals surface area contributed by atoms with Gasteiger partial charge < -0.3 is 14.7 Å². The van der Waals surface area contributed by atoms with Crippen molar-refractivity contribution in [2.45, 2.75) is 13.3 Å². The largest absolute Gasteiger partial charge is 0.507 e. The van der Waals surface area contributed by atoms with Crippen LogP contribution in [-0.2, 0) is 9.53 Å². The van der Waals surface area contributed by atoms with Gasteiger partial charge in [0.1, 0.15) is 5.75 Å². The molecule has 0 radical (unpaired) electrons. The number of fused-ring (bicyclic) bond motifs is 1. The number of carbonyl (C=O) groups is 1. The summed E-state index contributed by atoms with van der Waals surface area (Å²) in [6.07, 6.45) is 2.57.